The highest BCUT2D eigenvalue weighted by molar-refractivity contribution is 5.87. The molecule has 1 aliphatic heterocycles. The fourth-order valence-electron chi connectivity index (χ4n) is 2.56. The zero-order valence-corrected chi connectivity index (χ0v) is 12.3. The molecule has 1 aliphatic rings. The molecular formula is C14H19ClN4O2. The number of rotatable bonds is 3. The predicted octanol–water partition coefficient (Wildman–Crippen LogP) is 0.366. The van der Waals surface area contributed by atoms with Gasteiger partial charge in [-0.2, -0.15) is 5.10 Å². The number of hydrogen-bond acceptors (Lipinski definition) is 4. The molecule has 2 heterocycles. The van der Waals surface area contributed by atoms with Gasteiger partial charge in [-0.15, -0.1) is 12.4 Å². The first-order chi connectivity index (χ1) is 9.74. The van der Waals surface area contributed by atoms with E-state index < -0.39 is 6.10 Å². The molecule has 1 fully saturated rings. The maximum absolute atomic E-state index is 12.1. The molecule has 0 spiro atoms. The Bertz CT molecular complexity index is 616. The molecule has 1 aromatic carbocycles. The van der Waals surface area contributed by atoms with Crippen LogP contribution in [0.15, 0.2) is 24.3 Å². The Morgan fingerprint density at radius 1 is 1.43 bits per heavy atom. The third-order valence-electron chi connectivity index (χ3n) is 3.67. The number of aromatic amines is 1. The number of fused-ring (bicyclic) bond motifs is 1. The largest absolute Gasteiger partial charge is 0.391 e. The van der Waals surface area contributed by atoms with Crippen molar-refractivity contribution in [2.75, 3.05) is 13.1 Å². The van der Waals surface area contributed by atoms with Gasteiger partial charge in [0.25, 0.3) is 0 Å². The van der Waals surface area contributed by atoms with Gasteiger partial charge in [0, 0.05) is 11.9 Å². The lowest BCUT2D eigenvalue weighted by molar-refractivity contribution is -0.122. The highest BCUT2D eigenvalue weighted by Crippen LogP contribution is 2.15. The summed E-state index contributed by atoms with van der Waals surface area (Å²) in [6.45, 7) is 1.40. The number of nitrogens with one attached hydrogen (secondary N) is 3. The van der Waals surface area contributed by atoms with E-state index in [1.54, 1.807) is 0 Å². The van der Waals surface area contributed by atoms with E-state index in [1.807, 2.05) is 24.3 Å². The van der Waals surface area contributed by atoms with Crippen LogP contribution in [0.4, 0.5) is 0 Å². The van der Waals surface area contributed by atoms with Crippen molar-refractivity contribution >= 4 is 29.2 Å². The summed E-state index contributed by atoms with van der Waals surface area (Å²) in [4.78, 5) is 12.1. The van der Waals surface area contributed by atoms with Gasteiger partial charge in [-0.3, -0.25) is 9.89 Å². The number of benzene rings is 1. The molecule has 0 saturated carbocycles. The van der Waals surface area contributed by atoms with Gasteiger partial charge in [0.2, 0.25) is 5.91 Å². The fraction of sp³-hybridized carbons (Fsp3) is 0.429. The Hall–Kier alpha value is -1.63. The van der Waals surface area contributed by atoms with Gasteiger partial charge in [0.05, 0.1) is 29.8 Å². The molecular weight excluding hydrogens is 292 g/mol. The number of hydrogen-bond donors (Lipinski definition) is 4. The van der Waals surface area contributed by atoms with E-state index in [-0.39, 0.29) is 30.8 Å². The van der Waals surface area contributed by atoms with E-state index in [0.717, 1.165) is 23.1 Å². The Morgan fingerprint density at radius 3 is 3.05 bits per heavy atom. The number of nitrogens with zero attached hydrogens (tertiary/aromatic N) is 1. The smallest absolute Gasteiger partial charge is 0.226 e. The van der Waals surface area contributed by atoms with E-state index in [4.69, 9.17) is 0 Å². The topological polar surface area (TPSA) is 90.0 Å². The van der Waals surface area contributed by atoms with Crippen LogP contribution in [0, 0.1) is 0 Å². The standard InChI is InChI=1S/C14H18N4O2.ClH/c19-13-5-6-15-8-12(13)16-14(20)7-11-9-3-1-2-4-10(9)17-18-11;/h1-4,12-13,15,19H,5-8H2,(H,16,20)(H,17,18);1H/t12-,13+;/m0./s1. The summed E-state index contributed by atoms with van der Waals surface area (Å²) >= 11 is 0. The molecule has 3 rings (SSSR count). The van der Waals surface area contributed by atoms with Gasteiger partial charge in [-0.05, 0) is 19.0 Å². The highest BCUT2D eigenvalue weighted by atomic mass is 35.5. The first-order valence-electron chi connectivity index (χ1n) is 6.84. The molecule has 0 aliphatic carbocycles. The maximum atomic E-state index is 12.1. The third kappa shape index (κ3) is 3.53. The quantitative estimate of drug-likeness (QED) is 0.659. The normalized spacial score (nSPS) is 21.8. The summed E-state index contributed by atoms with van der Waals surface area (Å²) in [7, 11) is 0. The van der Waals surface area contributed by atoms with Crippen LogP contribution in [-0.4, -0.2) is 46.4 Å². The molecule has 2 atom stereocenters. The Labute approximate surface area is 128 Å². The Kier molecular flexibility index (Phi) is 5.17. The molecule has 7 heteroatoms. The third-order valence-corrected chi connectivity index (χ3v) is 3.67. The van der Waals surface area contributed by atoms with Gasteiger partial charge in [0.1, 0.15) is 0 Å². The highest BCUT2D eigenvalue weighted by Gasteiger charge is 2.24. The van der Waals surface area contributed by atoms with Crippen molar-refractivity contribution < 1.29 is 9.90 Å². The zero-order chi connectivity index (χ0) is 13.9. The number of carbonyl (C=O) groups excluding carboxylic acids is 1. The Balaban J connectivity index is 0.00000161. The molecule has 1 aromatic heterocycles. The van der Waals surface area contributed by atoms with Gasteiger partial charge in [-0.25, -0.2) is 0 Å². The van der Waals surface area contributed by atoms with Crippen LogP contribution < -0.4 is 10.6 Å². The summed E-state index contributed by atoms with van der Waals surface area (Å²) in [5.74, 6) is -0.104. The number of piperidine rings is 1. The molecule has 1 amide bonds. The summed E-state index contributed by atoms with van der Waals surface area (Å²) in [6, 6.07) is 7.47. The number of aliphatic hydroxyl groups is 1. The van der Waals surface area contributed by atoms with Crippen LogP contribution in [0.2, 0.25) is 0 Å². The lowest BCUT2D eigenvalue weighted by Crippen LogP contribution is -2.54. The Morgan fingerprint density at radius 2 is 2.24 bits per heavy atom. The van der Waals surface area contributed by atoms with E-state index in [0.29, 0.717) is 13.0 Å². The van der Waals surface area contributed by atoms with Crippen LogP contribution in [-0.2, 0) is 11.2 Å². The average Bonchev–Trinajstić information content (AvgIpc) is 2.85. The first kappa shape index (κ1) is 15.8. The zero-order valence-electron chi connectivity index (χ0n) is 11.5. The molecule has 6 nitrogen and oxygen atoms in total. The van der Waals surface area contributed by atoms with Crippen molar-refractivity contribution in [3.63, 3.8) is 0 Å². The summed E-state index contributed by atoms with van der Waals surface area (Å²) in [5.41, 5.74) is 1.66. The van der Waals surface area contributed by atoms with Crippen molar-refractivity contribution in [1.82, 2.24) is 20.8 Å². The van der Waals surface area contributed by atoms with E-state index in [9.17, 15) is 9.90 Å². The summed E-state index contributed by atoms with van der Waals surface area (Å²) in [6.07, 6.45) is 0.431. The van der Waals surface area contributed by atoms with Crippen molar-refractivity contribution in [2.24, 2.45) is 0 Å². The van der Waals surface area contributed by atoms with E-state index in [1.165, 1.54) is 0 Å². The summed E-state index contributed by atoms with van der Waals surface area (Å²) < 4.78 is 0. The van der Waals surface area contributed by atoms with E-state index in [2.05, 4.69) is 20.8 Å². The van der Waals surface area contributed by atoms with Crippen LogP contribution in [0.3, 0.4) is 0 Å². The fourth-order valence-corrected chi connectivity index (χ4v) is 2.56. The molecule has 0 unspecified atom stereocenters. The molecule has 2 aromatic rings. The van der Waals surface area contributed by atoms with Crippen LogP contribution in [0.5, 0.6) is 0 Å². The van der Waals surface area contributed by atoms with Crippen molar-refractivity contribution in [1.29, 1.82) is 0 Å². The first-order valence-corrected chi connectivity index (χ1v) is 6.84. The molecule has 4 N–H and O–H groups in total. The van der Waals surface area contributed by atoms with Gasteiger partial charge < -0.3 is 15.7 Å². The number of amides is 1. The molecule has 1 saturated heterocycles. The minimum Gasteiger partial charge on any atom is -0.391 e. The number of aromatic nitrogens is 2. The predicted molar refractivity (Wildman–Crippen MR) is 82.5 cm³/mol. The lowest BCUT2D eigenvalue weighted by atomic mass is 10.0. The van der Waals surface area contributed by atoms with Crippen molar-refractivity contribution in [2.45, 2.75) is 25.0 Å². The second-order valence-corrected chi connectivity index (χ2v) is 5.13. The van der Waals surface area contributed by atoms with E-state index >= 15 is 0 Å². The number of carbonyl (C=O) groups is 1. The molecule has 0 bridgehead atoms. The lowest BCUT2D eigenvalue weighted by Gasteiger charge is -2.29. The number of H-pyrrole nitrogens is 1. The maximum Gasteiger partial charge on any atom is 0.226 e. The van der Waals surface area contributed by atoms with Crippen molar-refractivity contribution in [3.8, 4) is 0 Å². The van der Waals surface area contributed by atoms with Gasteiger partial charge in [0.15, 0.2) is 0 Å². The number of halogens is 1. The SMILES string of the molecule is Cl.O=C(Cc1[nH]nc2ccccc12)N[C@H]1CNCC[C@H]1O. The van der Waals surface area contributed by atoms with Gasteiger partial charge in [-0.1, -0.05) is 18.2 Å². The van der Waals surface area contributed by atoms with Crippen LogP contribution >= 0.6 is 12.4 Å². The molecule has 21 heavy (non-hydrogen) atoms. The minimum atomic E-state index is -0.473. The second-order valence-electron chi connectivity index (χ2n) is 5.13. The molecule has 114 valence electrons. The number of para-hydroxylation sites is 1. The molecule has 0 radical (unpaired) electrons. The minimum absolute atomic E-state index is 0. The average molecular weight is 311 g/mol. The number of aliphatic hydroxyl groups excluding tert-OH is 1. The monoisotopic (exact) mass is 310 g/mol. The summed E-state index contributed by atoms with van der Waals surface area (Å²) in [5, 5.41) is 23.9. The second kappa shape index (κ2) is 6.89. The van der Waals surface area contributed by atoms with Crippen LogP contribution in [0.25, 0.3) is 10.9 Å². The van der Waals surface area contributed by atoms with Crippen molar-refractivity contribution in [3.05, 3.63) is 30.0 Å². The van der Waals surface area contributed by atoms with Gasteiger partial charge >= 0.3 is 0 Å². The van der Waals surface area contributed by atoms with Crippen LogP contribution in [0.1, 0.15) is 12.1 Å².